The highest BCUT2D eigenvalue weighted by Gasteiger charge is 2.19. The normalized spacial score (nSPS) is 14.8. The highest BCUT2D eigenvalue weighted by Crippen LogP contribution is 2.13. The molecule has 1 fully saturated rings. The van der Waals surface area contributed by atoms with Gasteiger partial charge in [0.1, 0.15) is 0 Å². The minimum Gasteiger partial charge on any atom is -0.352 e. The molecule has 0 radical (unpaired) electrons. The van der Waals surface area contributed by atoms with Crippen LogP contribution in [0.1, 0.15) is 18.2 Å². The molecule has 1 amide bonds. The predicted octanol–water partition coefficient (Wildman–Crippen LogP) is 1.93. The molecule has 1 aliphatic rings. The standard InChI is InChI=1S/C18H22N4O/c1-15(23)21-11-13-22(14-12-21)18-10-9-17(19-20-18)8-7-16-5-3-2-4-6-16/h2-6,9-10H,7-8,11-14H2,1H3. The molecular formula is C18H22N4O. The Bertz CT molecular complexity index is 634. The summed E-state index contributed by atoms with van der Waals surface area (Å²) in [5.74, 6) is 1.05. The molecule has 0 aliphatic carbocycles. The lowest BCUT2D eigenvalue weighted by atomic mass is 10.1. The van der Waals surface area contributed by atoms with E-state index in [0.717, 1.165) is 50.5 Å². The van der Waals surface area contributed by atoms with E-state index in [1.807, 2.05) is 17.0 Å². The first-order valence-electron chi connectivity index (χ1n) is 8.09. The summed E-state index contributed by atoms with van der Waals surface area (Å²) in [4.78, 5) is 15.4. The SMILES string of the molecule is CC(=O)N1CCN(c2ccc(CCc3ccccc3)nn2)CC1. The van der Waals surface area contributed by atoms with Gasteiger partial charge in [-0.15, -0.1) is 5.10 Å². The summed E-state index contributed by atoms with van der Waals surface area (Å²) in [5, 5.41) is 8.71. The second-order valence-electron chi connectivity index (χ2n) is 5.86. The Morgan fingerprint density at radius 1 is 0.957 bits per heavy atom. The molecule has 1 aliphatic heterocycles. The number of nitrogens with zero attached hydrogens (tertiary/aromatic N) is 4. The monoisotopic (exact) mass is 310 g/mol. The number of rotatable bonds is 4. The number of anilines is 1. The molecule has 120 valence electrons. The largest absolute Gasteiger partial charge is 0.352 e. The molecule has 1 aromatic heterocycles. The summed E-state index contributed by atoms with van der Waals surface area (Å²) in [6, 6.07) is 14.5. The number of benzene rings is 1. The lowest BCUT2D eigenvalue weighted by Crippen LogP contribution is -2.48. The van der Waals surface area contributed by atoms with E-state index in [4.69, 9.17) is 0 Å². The zero-order valence-corrected chi connectivity index (χ0v) is 13.5. The van der Waals surface area contributed by atoms with E-state index >= 15 is 0 Å². The molecule has 1 saturated heterocycles. The van der Waals surface area contributed by atoms with Gasteiger partial charge in [-0.2, -0.15) is 5.10 Å². The maximum absolute atomic E-state index is 11.4. The highest BCUT2D eigenvalue weighted by atomic mass is 16.2. The molecule has 2 heterocycles. The number of aryl methyl sites for hydroxylation is 2. The van der Waals surface area contributed by atoms with Crippen molar-refractivity contribution in [3.05, 3.63) is 53.7 Å². The minimum absolute atomic E-state index is 0.145. The van der Waals surface area contributed by atoms with Gasteiger partial charge in [0, 0.05) is 33.1 Å². The second-order valence-corrected chi connectivity index (χ2v) is 5.86. The molecule has 0 atom stereocenters. The van der Waals surface area contributed by atoms with E-state index in [-0.39, 0.29) is 5.91 Å². The van der Waals surface area contributed by atoms with Crippen LogP contribution in [0.3, 0.4) is 0 Å². The maximum atomic E-state index is 11.4. The quantitative estimate of drug-likeness (QED) is 0.866. The third-order valence-corrected chi connectivity index (χ3v) is 4.27. The number of aromatic nitrogens is 2. The van der Waals surface area contributed by atoms with Crippen molar-refractivity contribution in [3.8, 4) is 0 Å². The summed E-state index contributed by atoms with van der Waals surface area (Å²) in [5.41, 5.74) is 2.33. The summed E-state index contributed by atoms with van der Waals surface area (Å²) in [6.07, 6.45) is 1.88. The van der Waals surface area contributed by atoms with Gasteiger partial charge in [0.25, 0.3) is 0 Å². The van der Waals surface area contributed by atoms with Crippen molar-refractivity contribution in [3.63, 3.8) is 0 Å². The number of amides is 1. The third-order valence-electron chi connectivity index (χ3n) is 4.27. The highest BCUT2D eigenvalue weighted by molar-refractivity contribution is 5.73. The number of hydrogen-bond donors (Lipinski definition) is 0. The predicted molar refractivity (Wildman–Crippen MR) is 90.3 cm³/mol. The van der Waals surface area contributed by atoms with E-state index < -0.39 is 0 Å². The van der Waals surface area contributed by atoms with Gasteiger partial charge in [-0.05, 0) is 30.5 Å². The van der Waals surface area contributed by atoms with Crippen LogP contribution in [0.25, 0.3) is 0 Å². The van der Waals surface area contributed by atoms with Crippen LogP contribution in [0.5, 0.6) is 0 Å². The Hall–Kier alpha value is -2.43. The molecule has 5 heteroatoms. The number of piperazine rings is 1. The van der Waals surface area contributed by atoms with Crippen LogP contribution >= 0.6 is 0 Å². The van der Waals surface area contributed by atoms with Gasteiger partial charge in [0.15, 0.2) is 5.82 Å². The first kappa shape index (κ1) is 15.5. The molecule has 0 N–H and O–H groups in total. The number of carbonyl (C=O) groups is 1. The third kappa shape index (κ3) is 4.06. The molecule has 23 heavy (non-hydrogen) atoms. The van der Waals surface area contributed by atoms with Gasteiger partial charge < -0.3 is 9.80 Å². The van der Waals surface area contributed by atoms with Gasteiger partial charge in [0.05, 0.1) is 5.69 Å². The van der Waals surface area contributed by atoms with E-state index in [1.165, 1.54) is 5.56 Å². The fraction of sp³-hybridized carbons (Fsp3) is 0.389. The van der Waals surface area contributed by atoms with Crippen LogP contribution in [-0.2, 0) is 17.6 Å². The second kappa shape index (κ2) is 7.22. The van der Waals surface area contributed by atoms with Gasteiger partial charge in [0.2, 0.25) is 5.91 Å². The van der Waals surface area contributed by atoms with Gasteiger partial charge in [-0.3, -0.25) is 4.79 Å². The van der Waals surface area contributed by atoms with Crippen LogP contribution < -0.4 is 4.90 Å². The van der Waals surface area contributed by atoms with E-state index in [2.05, 4.69) is 45.4 Å². The molecule has 0 saturated carbocycles. The van der Waals surface area contributed by atoms with Crippen LogP contribution in [-0.4, -0.2) is 47.2 Å². The van der Waals surface area contributed by atoms with Crippen molar-refractivity contribution in [1.82, 2.24) is 15.1 Å². The van der Waals surface area contributed by atoms with Crippen molar-refractivity contribution in [2.45, 2.75) is 19.8 Å². The van der Waals surface area contributed by atoms with E-state index in [0.29, 0.717) is 0 Å². The molecule has 1 aromatic carbocycles. The van der Waals surface area contributed by atoms with Gasteiger partial charge in [-0.25, -0.2) is 0 Å². The lowest BCUT2D eigenvalue weighted by Gasteiger charge is -2.34. The zero-order chi connectivity index (χ0) is 16.1. The van der Waals surface area contributed by atoms with Crippen molar-refractivity contribution >= 4 is 11.7 Å². The first-order valence-corrected chi connectivity index (χ1v) is 8.09. The molecule has 0 unspecified atom stereocenters. The van der Waals surface area contributed by atoms with E-state index in [9.17, 15) is 4.79 Å². The zero-order valence-electron chi connectivity index (χ0n) is 13.5. The van der Waals surface area contributed by atoms with Crippen molar-refractivity contribution in [1.29, 1.82) is 0 Å². The van der Waals surface area contributed by atoms with Crippen molar-refractivity contribution < 1.29 is 4.79 Å². The van der Waals surface area contributed by atoms with Gasteiger partial charge >= 0.3 is 0 Å². The van der Waals surface area contributed by atoms with Crippen molar-refractivity contribution in [2.75, 3.05) is 31.1 Å². The lowest BCUT2D eigenvalue weighted by molar-refractivity contribution is -0.129. The Balaban J connectivity index is 1.54. The number of hydrogen-bond acceptors (Lipinski definition) is 4. The summed E-state index contributed by atoms with van der Waals surface area (Å²) in [7, 11) is 0. The Kier molecular flexibility index (Phi) is 4.86. The average molecular weight is 310 g/mol. The molecular weight excluding hydrogens is 288 g/mol. The first-order chi connectivity index (χ1) is 11.2. The summed E-state index contributed by atoms with van der Waals surface area (Å²) >= 11 is 0. The molecule has 0 bridgehead atoms. The van der Waals surface area contributed by atoms with Crippen LogP contribution in [0.4, 0.5) is 5.82 Å². The fourth-order valence-corrected chi connectivity index (χ4v) is 2.82. The van der Waals surface area contributed by atoms with E-state index in [1.54, 1.807) is 6.92 Å². The Morgan fingerprint density at radius 3 is 2.30 bits per heavy atom. The molecule has 0 spiro atoms. The van der Waals surface area contributed by atoms with Gasteiger partial charge in [-0.1, -0.05) is 30.3 Å². The number of carbonyl (C=O) groups excluding carboxylic acids is 1. The van der Waals surface area contributed by atoms with Crippen LogP contribution in [0, 0.1) is 0 Å². The van der Waals surface area contributed by atoms with Crippen molar-refractivity contribution in [2.24, 2.45) is 0 Å². The summed E-state index contributed by atoms with van der Waals surface area (Å²) in [6.45, 7) is 4.77. The Morgan fingerprint density at radius 2 is 1.70 bits per heavy atom. The molecule has 5 nitrogen and oxygen atoms in total. The maximum Gasteiger partial charge on any atom is 0.219 e. The Labute approximate surface area is 136 Å². The summed E-state index contributed by atoms with van der Waals surface area (Å²) < 4.78 is 0. The minimum atomic E-state index is 0.145. The topological polar surface area (TPSA) is 49.3 Å². The average Bonchev–Trinajstić information content (AvgIpc) is 2.61. The smallest absolute Gasteiger partial charge is 0.219 e. The van der Waals surface area contributed by atoms with Crippen LogP contribution in [0.15, 0.2) is 42.5 Å². The fourth-order valence-electron chi connectivity index (χ4n) is 2.82. The molecule has 3 rings (SSSR count). The van der Waals surface area contributed by atoms with Crippen LogP contribution in [0.2, 0.25) is 0 Å². The molecule has 2 aromatic rings.